The molecule has 0 fully saturated rings. The van der Waals surface area contributed by atoms with Crippen LogP contribution in [-0.4, -0.2) is 5.71 Å². The zero-order chi connectivity index (χ0) is 9.10. The minimum Gasteiger partial charge on any atom is -0.466 e. The molecule has 13 heavy (non-hydrogen) atoms. The Balaban J connectivity index is 2.11. The molecule has 0 aromatic carbocycles. The second kappa shape index (κ2) is 3.47. The van der Waals surface area contributed by atoms with Gasteiger partial charge in [0, 0.05) is 5.71 Å². The molecule has 0 saturated carbocycles. The summed E-state index contributed by atoms with van der Waals surface area (Å²) in [5.41, 5.74) is 0.594. The maximum Gasteiger partial charge on any atom is 0.147 e. The Bertz CT molecular complexity index is 302. The highest BCUT2D eigenvalue weighted by molar-refractivity contribution is 5.96. The van der Waals surface area contributed by atoms with Crippen LogP contribution in [0.2, 0.25) is 0 Å². The predicted molar refractivity (Wildman–Crippen MR) is 49.0 cm³/mol. The number of allylic oxidation sites excluding steroid dienone is 3. The van der Waals surface area contributed by atoms with Gasteiger partial charge in [0.15, 0.2) is 0 Å². The first-order chi connectivity index (χ1) is 6.38. The second-order valence-electron chi connectivity index (χ2n) is 3.03. The molecule has 68 valence electrons. The molecule has 3 nitrogen and oxygen atoms in total. The Morgan fingerprint density at radius 2 is 2.31 bits per heavy atom. The highest BCUT2D eigenvalue weighted by atomic mass is 16.5. The molecule has 1 heterocycles. The van der Waals surface area contributed by atoms with Gasteiger partial charge in [0.25, 0.3) is 0 Å². The summed E-state index contributed by atoms with van der Waals surface area (Å²) in [7, 11) is 0. The molecular weight excluding hydrogens is 166 g/mol. The number of ether oxygens (including phenoxy) is 2. The van der Waals surface area contributed by atoms with Gasteiger partial charge in [-0.05, 0) is 18.9 Å². The van der Waals surface area contributed by atoms with E-state index in [2.05, 4.69) is 0 Å². The minimum atomic E-state index is 0.0648. The van der Waals surface area contributed by atoms with E-state index in [-0.39, 0.29) is 5.92 Å². The van der Waals surface area contributed by atoms with Gasteiger partial charge in [0.1, 0.15) is 24.5 Å². The van der Waals surface area contributed by atoms with Crippen LogP contribution in [0.5, 0.6) is 0 Å². The summed E-state index contributed by atoms with van der Waals surface area (Å²) < 4.78 is 10.3. The zero-order valence-corrected chi connectivity index (χ0v) is 7.19. The molecule has 0 spiro atoms. The van der Waals surface area contributed by atoms with Crippen molar-refractivity contribution in [3.8, 4) is 0 Å². The lowest BCUT2D eigenvalue weighted by Gasteiger charge is -2.21. The van der Waals surface area contributed by atoms with Crippen molar-refractivity contribution in [3.05, 3.63) is 36.7 Å². The van der Waals surface area contributed by atoms with Gasteiger partial charge in [-0.15, -0.1) is 0 Å². The van der Waals surface area contributed by atoms with Crippen LogP contribution in [0.25, 0.3) is 0 Å². The third kappa shape index (κ3) is 1.64. The Hall–Kier alpha value is -1.51. The summed E-state index contributed by atoms with van der Waals surface area (Å²) in [5.74, 6) is 0.798. The normalized spacial score (nSPS) is 26.3. The van der Waals surface area contributed by atoms with Crippen LogP contribution in [0, 0.1) is 11.3 Å². The molecule has 1 unspecified atom stereocenters. The molecule has 1 N–H and O–H groups in total. The summed E-state index contributed by atoms with van der Waals surface area (Å²) in [4.78, 5) is 0. The fourth-order valence-electron chi connectivity index (χ4n) is 1.48. The summed E-state index contributed by atoms with van der Waals surface area (Å²) >= 11 is 0. The first-order valence-corrected chi connectivity index (χ1v) is 4.30. The zero-order valence-electron chi connectivity index (χ0n) is 7.19. The summed E-state index contributed by atoms with van der Waals surface area (Å²) in [6.07, 6.45) is 10.3. The monoisotopic (exact) mass is 177 g/mol. The lowest BCUT2D eigenvalue weighted by atomic mass is 9.91. The topological polar surface area (TPSA) is 42.3 Å². The third-order valence-electron chi connectivity index (χ3n) is 2.16. The molecular formula is C10H11NO2. The van der Waals surface area contributed by atoms with Crippen molar-refractivity contribution in [2.24, 2.45) is 5.92 Å². The van der Waals surface area contributed by atoms with E-state index in [1.54, 1.807) is 6.26 Å². The van der Waals surface area contributed by atoms with Gasteiger partial charge in [0.2, 0.25) is 0 Å². The van der Waals surface area contributed by atoms with Crippen molar-refractivity contribution in [1.29, 1.82) is 5.41 Å². The van der Waals surface area contributed by atoms with Crippen LogP contribution in [0.1, 0.15) is 12.8 Å². The first-order valence-electron chi connectivity index (χ1n) is 4.30. The van der Waals surface area contributed by atoms with Crippen molar-refractivity contribution in [3.63, 3.8) is 0 Å². The molecule has 3 heteroatoms. The van der Waals surface area contributed by atoms with E-state index in [1.165, 1.54) is 12.5 Å². The number of rotatable bonds is 1. The highest BCUT2D eigenvalue weighted by Crippen LogP contribution is 2.25. The summed E-state index contributed by atoms with van der Waals surface area (Å²) in [6, 6.07) is 0. The van der Waals surface area contributed by atoms with Crippen LogP contribution in [-0.2, 0) is 9.47 Å². The van der Waals surface area contributed by atoms with Crippen LogP contribution in [0.3, 0.4) is 0 Å². The van der Waals surface area contributed by atoms with Gasteiger partial charge in [-0.2, -0.15) is 0 Å². The van der Waals surface area contributed by atoms with Gasteiger partial charge in [0.05, 0.1) is 5.92 Å². The molecule has 1 aliphatic carbocycles. The summed E-state index contributed by atoms with van der Waals surface area (Å²) in [5, 5.41) is 7.69. The lowest BCUT2D eigenvalue weighted by Crippen LogP contribution is -2.18. The third-order valence-corrected chi connectivity index (χ3v) is 2.16. The molecule has 0 radical (unpaired) electrons. The maximum absolute atomic E-state index is 7.69. The van der Waals surface area contributed by atoms with E-state index in [4.69, 9.17) is 14.9 Å². The van der Waals surface area contributed by atoms with E-state index in [0.717, 1.165) is 18.6 Å². The van der Waals surface area contributed by atoms with Crippen LogP contribution in [0.4, 0.5) is 0 Å². The van der Waals surface area contributed by atoms with E-state index in [1.807, 2.05) is 12.2 Å². The molecule has 0 saturated heterocycles. The van der Waals surface area contributed by atoms with E-state index >= 15 is 0 Å². The van der Waals surface area contributed by atoms with Crippen LogP contribution < -0.4 is 0 Å². The van der Waals surface area contributed by atoms with Gasteiger partial charge >= 0.3 is 0 Å². The second-order valence-corrected chi connectivity index (χ2v) is 3.03. The Kier molecular flexibility index (Phi) is 2.17. The molecule has 0 aromatic rings. The van der Waals surface area contributed by atoms with Gasteiger partial charge < -0.3 is 14.9 Å². The Labute approximate surface area is 76.9 Å². The summed E-state index contributed by atoms with van der Waals surface area (Å²) in [6.45, 7) is 0. The van der Waals surface area contributed by atoms with Gasteiger partial charge in [-0.25, -0.2) is 0 Å². The fraction of sp³-hybridized carbons (Fsp3) is 0.300. The van der Waals surface area contributed by atoms with Gasteiger partial charge in [-0.1, -0.05) is 6.08 Å². The smallest absolute Gasteiger partial charge is 0.147 e. The number of hydrogen-bond acceptors (Lipinski definition) is 3. The molecule has 1 aliphatic heterocycles. The maximum atomic E-state index is 7.69. The molecule has 0 bridgehead atoms. The Morgan fingerprint density at radius 3 is 3.00 bits per heavy atom. The van der Waals surface area contributed by atoms with E-state index in [9.17, 15) is 0 Å². The quantitative estimate of drug-likeness (QED) is 0.667. The fourth-order valence-corrected chi connectivity index (χ4v) is 1.48. The predicted octanol–water partition coefficient (Wildman–Crippen LogP) is 2.33. The van der Waals surface area contributed by atoms with Crippen molar-refractivity contribution in [1.82, 2.24) is 0 Å². The average molecular weight is 177 g/mol. The van der Waals surface area contributed by atoms with Crippen LogP contribution in [0.15, 0.2) is 36.7 Å². The highest BCUT2D eigenvalue weighted by Gasteiger charge is 2.22. The molecule has 0 aromatic heterocycles. The van der Waals surface area contributed by atoms with Crippen molar-refractivity contribution >= 4 is 5.71 Å². The largest absolute Gasteiger partial charge is 0.466 e. The molecule has 2 rings (SSSR count). The van der Waals surface area contributed by atoms with Crippen LogP contribution >= 0.6 is 0 Å². The molecule has 2 aliphatic rings. The molecule has 1 atom stereocenters. The molecule has 0 amide bonds. The SMILES string of the molecule is N=C1C=CCCC1C1=COC=CO1. The standard InChI is InChI=1S/C10H11NO2/c11-9-4-2-1-3-8(9)10-7-12-5-6-13-10/h2,4-8,11H,1,3H2. The average Bonchev–Trinajstić information content (AvgIpc) is 2.20. The van der Waals surface area contributed by atoms with Gasteiger partial charge in [-0.3, -0.25) is 0 Å². The minimum absolute atomic E-state index is 0.0648. The number of nitrogens with one attached hydrogen (secondary N) is 1. The lowest BCUT2D eigenvalue weighted by molar-refractivity contribution is 0.232. The van der Waals surface area contributed by atoms with Crippen molar-refractivity contribution in [2.45, 2.75) is 12.8 Å². The van der Waals surface area contributed by atoms with Crippen molar-refractivity contribution in [2.75, 3.05) is 0 Å². The number of hydrogen-bond donors (Lipinski definition) is 1. The van der Waals surface area contributed by atoms with E-state index < -0.39 is 0 Å². The van der Waals surface area contributed by atoms with Crippen molar-refractivity contribution < 1.29 is 9.47 Å². The Morgan fingerprint density at radius 1 is 1.38 bits per heavy atom. The van der Waals surface area contributed by atoms with E-state index in [0.29, 0.717) is 5.71 Å². The first kappa shape index (κ1) is 8.10.